The molecule has 1 aromatic carbocycles. The summed E-state index contributed by atoms with van der Waals surface area (Å²) in [4.78, 5) is 7.71. The predicted octanol–water partition coefficient (Wildman–Crippen LogP) is 5.32. The normalized spacial score (nSPS) is 15.5. The Morgan fingerprint density at radius 1 is 1.12 bits per heavy atom. The van der Waals surface area contributed by atoms with Crippen molar-refractivity contribution in [3.63, 3.8) is 0 Å². The molecule has 0 unspecified atom stereocenters. The van der Waals surface area contributed by atoms with Gasteiger partial charge in [-0.05, 0) is 49.9 Å². The van der Waals surface area contributed by atoms with Crippen LogP contribution in [0.1, 0.15) is 31.2 Å². The van der Waals surface area contributed by atoms with E-state index in [9.17, 15) is 13.2 Å². The lowest BCUT2D eigenvalue weighted by atomic mass is 10.3. The Balaban J connectivity index is 1.86. The van der Waals surface area contributed by atoms with Crippen LogP contribution in [0.15, 0.2) is 34.9 Å². The van der Waals surface area contributed by atoms with Crippen molar-refractivity contribution in [2.24, 2.45) is 0 Å². The molecule has 3 rings (SSSR count). The predicted molar refractivity (Wildman–Crippen MR) is 87.3 cm³/mol. The standard InChI is InChI=1S/C16H15BrF3N3O/c17-10-5-7-11(8-6-10)22-15-21-9-13(16(18,19)20)14(23-15)24-12-3-1-2-4-12/h5-9,12H,1-4H2,(H,21,22,23). The second kappa shape index (κ2) is 6.96. The van der Waals surface area contributed by atoms with Gasteiger partial charge in [0, 0.05) is 16.4 Å². The maximum Gasteiger partial charge on any atom is 0.423 e. The summed E-state index contributed by atoms with van der Waals surface area (Å²) in [5.74, 6) is -0.345. The summed E-state index contributed by atoms with van der Waals surface area (Å²) < 4.78 is 45.8. The number of benzene rings is 1. The zero-order valence-electron chi connectivity index (χ0n) is 12.6. The van der Waals surface area contributed by atoms with Crippen molar-refractivity contribution in [3.8, 4) is 5.88 Å². The molecule has 1 aliphatic rings. The molecule has 24 heavy (non-hydrogen) atoms. The molecule has 4 nitrogen and oxygen atoms in total. The number of nitrogens with zero attached hydrogens (tertiary/aromatic N) is 2. The Kier molecular flexibility index (Phi) is 4.93. The maximum atomic E-state index is 13.1. The van der Waals surface area contributed by atoms with Crippen LogP contribution in [-0.2, 0) is 6.18 Å². The maximum absolute atomic E-state index is 13.1. The van der Waals surface area contributed by atoms with Crippen molar-refractivity contribution in [1.29, 1.82) is 0 Å². The molecule has 0 amide bonds. The number of rotatable bonds is 4. The number of hydrogen-bond acceptors (Lipinski definition) is 4. The van der Waals surface area contributed by atoms with Crippen LogP contribution in [0, 0.1) is 0 Å². The number of anilines is 2. The SMILES string of the molecule is FC(F)(F)c1cnc(Nc2ccc(Br)cc2)nc1OC1CCCC1. The lowest BCUT2D eigenvalue weighted by Crippen LogP contribution is -2.17. The van der Waals surface area contributed by atoms with Gasteiger partial charge in [0.15, 0.2) is 0 Å². The summed E-state index contributed by atoms with van der Waals surface area (Å²) in [6.07, 6.45) is -0.597. The van der Waals surface area contributed by atoms with Crippen LogP contribution in [0.25, 0.3) is 0 Å². The lowest BCUT2D eigenvalue weighted by molar-refractivity contribution is -0.139. The molecule has 0 atom stereocenters. The van der Waals surface area contributed by atoms with Gasteiger partial charge >= 0.3 is 6.18 Å². The molecule has 8 heteroatoms. The largest absolute Gasteiger partial charge is 0.474 e. The van der Waals surface area contributed by atoms with E-state index in [0.717, 1.165) is 36.4 Å². The first-order valence-corrected chi connectivity index (χ1v) is 8.34. The average Bonchev–Trinajstić information content (AvgIpc) is 3.02. The summed E-state index contributed by atoms with van der Waals surface area (Å²) in [6.45, 7) is 0. The summed E-state index contributed by atoms with van der Waals surface area (Å²) in [5.41, 5.74) is -0.277. The third-order valence-electron chi connectivity index (χ3n) is 3.74. The fraction of sp³-hybridized carbons (Fsp3) is 0.375. The topological polar surface area (TPSA) is 47.0 Å². The molecule has 1 fully saturated rings. The second-order valence-corrected chi connectivity index (χ2v) is 6.48. The van der Waals surface area contributed by atoms with Gasteiger partial charge in [-0.1, -0.05) is 15.9 Å². The van der Waals surface area contributed by atoms with Crippen LogP contribution >= 0.6 is 15.9 Å². The van der Waals surface area contributed by atoms with Gasteiger partial charge in [0.1, 0.15) is 11.7 Å². The highest BCUT2D eigenvalue weighted by atomic mass is 79.9. The number of ether oxygens (including phenoxy) is 1. The Morgan fingerprint density at radius 2 is 1.79 bits per heavy atom. The highest BCUT2D eigenvalue weighted by molar-refractivity contribution is 9.10. The molecule has 128 valence electrons. The number of alkyl halides is 3. The first kappa shape index (κ1) is 17.0. The van der Waals surface area contributed by atoms with Crippen LogP contribution in [-0.4, -0.2) is 16.1 Å². The smallest absolute Gasteiger partial charge is 0.423 e. The van der Waals surface area contributed by atoms with Crippen LogP contribution < -0.4 is 10.1 Å². The summed E-state index contributed by atoms with van der Waals surface area (Å²) in [5, 5.41) is 2.88. The molecule has 1 aromatic heterocycles. The third kappa shape index (κ3) is 4.17. The van der Waals surface area contributed by atoms with Crippen LogP contribution in [0.4, 0.5) is 24.8 Å². The molecule has 0 aliphatic heterocycles. The molecule has 2 aromatic rings. The Hall–Kier alpha value is -1.83. The van der Waals surface area contributed by atoms with E-state index in [1.165, 1.54) is 0 Å². The quantitative estimate of drug-likeness (QED) is 0.752. The van der Waals surface area contributed by atoms with Crippen molar-refractivity contribution in [1.82, 2.24) is 9.97 Å². The van der Waals surface area contributed by atoms with Gasteiger partial charge in [-0.2, -0.15) is 18.2 Å². The van der Waals surface area contributed by atoms with Crippen LogP contribution in [0.5, 0.6) is 5.88 Å². The monoisotopic (exact) mass is 401 g/mol. The number of hydrogen-bond donors (Lipinski definition) is 1. The Morgan fingerprint density at radius 3 is 2.42 bits per heavy atom. The van der Waals surface area contributed by atoms with E-state index in [1.54, 1.807) is 12.1 Å². The zero-order valence-corrected chi connectivity index (χ0v) is 14.2. The van der Waals surface area contributed by atoms with Crippen LogP contribution in [0.3, 0.4) is 0 Å². The van der Waals surface area contributed by atoms with E-state index in [-0.39, 0.29) is 12.1 Å². The fourth-order valence-electron chi connectivity index (χ4n) is 2.54. The van der Waals surface area contributed by atoms with E-state index in [0.29, 0.717) is 5.69 Å². The number of nitrogens with one attached hydrogen (secondary N) is 1. The lowest BCUT2D eigenvalue weighted by Gasteiger charge is -2.17. The first-order valence-electron chi connectivity index (χ1n) is 7.55. The highest BCUT2D eigenvalue weighted by Gasteiger charge is 2.37. The minimum Gasteiger partial charge on any atom is -0.474 e. The summed E-state index contributed by atoms with van der Waals surface area (Å²) in [6, 6.07) is 7.15. The minimum atomic E-state index is -4.55. The Bertz CT molecular complexity index is 701. The fourth-order valence-corrected chi connectivity index (χ4v) is 2.80. The third-order valence-corrected chi connectivity index (χ3v) is 4.27. The van der Waals surface area contributed by atoms with Crippen molar-refractivity contribution in [3.05, 3.63) is 40.5 Å². The number of halogens is 4. The van der Waals surface area contributed by atoms with E-state index < -0.39 is 17.6 Å². The van der Waals surface area contributed by atoms with Crippen LogP contribution in [0.2, 0.25) is 0 Å². The molecule has 1 N–H and O–H groups in total. The van der Waals surface area contributed by atoms with Gasteiger partial charge in [0.2, 0.25) is 11.8 Å². The highest BCUT2D eigenvalue weighted by Crippen LogP contribution is 2.37. The average molecular weight is 402 g/mol. The minimum absolute atomic E-state index is 0.0679. The van der Waals surface area contributed by atoms with E-state index in [2.05, 4.69) is 31.2 Å². The Labute approximate surface area is 145 Å². The van der Waals surface area contributed by atoms with Gasteiger partial charge in [0.05, 0.1) is 0 Å². The van der Waals surface area contributed by atoms with Gasteiger partial charge < -0.3 is 10.1 Å². The van der Waals surface area contributed by atoms with Crippen molar-refractivity contribution >= 4 is 27.6 Å². The zero-order chi connectivity index (χ0) is 17.2. The molecule has 1 aliphatic carbocycles. The van der Waals surface area contributed by atoms with Gasteiger partial charge in [-0.3, -0.25) is 0 Å². The van der Waals surface area contributed by atoms with Crippen molar-refractivity contribution in [2.45, 2.75) is 38.0 Å². The summed E-state index contributed by atoms with van der Waals surface area (Å²) >= 11 is 3.32. The first-order chi connectivity index (χ1) is 11.4. The molecule has 0 saturated heterocycles. The molecule has 0 spiro atoms. The molecular weight excluding hydrogens is 387 g/mol. The van der Waals surface area contributed by atoms with Gasteiger partial charge in [0.25, 0.3) is 0 Å². The van der Waals surface area contributed by atoms with E-state index in [4.69, 9.17) is 4.74 Å². The van der Waals surface area contributed by atoms with Crippen molar-refractivity contribution in [2.75, 3.05) is 5.32 Å². The molecule has 0 bridgehead atoms. The van der Waals surface area contributed by atoms with Gasteiger partial charge in [-0.25, -0.2) is 4.98 Å². The number of aromatic nitrogens is 2. The summed E-state index contributed by atoms with van der Waals surface area (Å²) in [7, 11) is 0. The van der Waals surface area contributed by atoms with E-state index in [1.807, 2.05) is 12.1 Å². The van der Waals surface area contributed by atoms with Crippen molar-refractivity contribution < 1.29 is 17.9 Å². The molecule has 0 radical (unpaired) electrons. The molecule has 1 heterocycles. The second-order valence-electron chi connectivity index (χ2n) is 5.57. The van der Waals surface area contributed by atoms with Gasteiger partial charge in [-0.15, -0.1) is 0 Å². The molecular formula is C16H15BrF3N3O. The van der Waals surface area contributed by atoms with E-state index >= 15 is 0 Å². The molecule has 1 saturated carbocycles.